The molecule has 0 amide bonds. The highest BCUT2D eigenvalue weighted by atomic mass is 19.4. The molecule has 1 fully saturated rings. The van der Waals surface area contributed by atoms with Gasteiger partial charge in [-0.3, -0.25) is 14.5 Å². The van der Waals surface area contributed by atoms with Crippen LogP contribution in [0, 0.1) is 0 Å². The summed E-state index contributed by atoms with van der Waals surface area (Å²) in [6, 6.07) is 9.76. The first-order valence-corrected chi connectivity index (χ1v) is 9.87. The van der Waals surface area contributed by atoms with Gasteiger partial charge in [-0.25, -0.2) is 0 Å². The van der Waals surface area contributed by atoms with Gasteiger partial charge in [0.2, 0.25) is 0 Å². The minimum absolute atomic E-state index is 0.0357. The second-order valence-electron chi connectivity index (χ2n) is 7.55. The van der Waals surface area contributed by atoms with Crippen molar-refractivity contribution in [3.63, 3.8) is 0 Å². The van der Waals surface area contributed by atoms with Gasteiger partial charge >= 0.3 is 25.2 Å². The highest BCUT2D eigenvalue weighted by Gasteiger charge is 2.35. The van der Waals surface area contributed by atoms with Gasteiger partial charge in [-0.05, 0) is 31.3 Å². The molecule has 32 heavy (non-hydrogen) atoms. The molecule has 4 rings (SSSR count). The predicted molar refractivity (Wildman–Crippen MR) is 106 cm³/mol. The number of ether oxygens (including phenoxy) is 2. The number of carbonyl (C=O) groups excluding carboxylic acids is 2. The van der Waals surface area contributed by atoms with Gasteiger partial charge in [0.25, 0.3) is 0 Å². The third-order valence-corrected chi connectivity index (χ3v) is 5.03. The average molecular weight is 449 g/mol. The molecule has 0 radical (unpaired) electrons. The zero-order valence-corrected chi connectivity index (χ0v) is 17.1. The topological polar surface area (TPSA) is 74.3 Å². The van der Waals surface area contributed by atoms with Crippen molar-refractivity contribution in [2.24, 2.45) is 0 Å². The quantitative estimate of drug-likeness (QED) is 0.667. The second kappa shape index (κ2) is 8.74. The number of nitrogens with zero attached hydrogens (tertiary/aromatic N) is 1. The Hall–Kier alpha value is -3.21. The highest BCUT2D eigenvalue weighted by molar-refractivity contribution is 6.64. The van der Waals surface area contributed by atoms with Gasteiger partial charge in [0.05, 0.1) is 25.3 Å². The smallest absolute Gasteiger partial charge is 0.494 e. The number of likely N-dealkylation sites (N-methyl/N-ethyl adjacent to an activating group) is 1. The van der Waals surface area contributed by atoms with Crippen molar-refractivity contribution in [3.05, 3.63) is 53.6 Å². The fourth-order valence-corrected chi connectivity index (χ4v) is 3.49. The largest absolute Gasteiger partial charge is 0.636 e. The Morgan fingerprint density at radius 3 is 2.31 bits per heavy atom. The standard InChI is InChI=1S/C21H19BF3NO6/c1-26-11-19(27)31-22(32-20(28)12-26)14-3-5-15(6-4-14)30-17-8-9-29-18-10-13(21(23,24)25)2-7-16(17)18/h2-7,10,17H,8-9,11-12H2,1H3. The molecule has 0 saturated carbocycles. The van der Waals surface area contributed by atoms with Gasteiger partial charge in [-0.15, -0.1) is 0 Å². The van der Waals surface area contributed by atoms with Crippen molar-refractivity contribution >= 4 is 24.5 Å². The van der Waals surface area contributed by atoms with E-state index >= 15 is 0 Å². The van der Waals surface area contributed by atoms with Gasteiger partial charge in [0.1, 0.15) is 17.6 Å². The molecular weight excluding hydrogens is 430 g/mol. The maximum Gasteiger partial charge on any atom is 0.636 e. The maximum atomic E-state index is 13.0. The molecule has 0 bridgehead atoms. The van der Waals surface area contributed by atoms with Crippen LogP contribution in [0.15, 0.2) is 42.5 Å². The molecule has 2 heterocycles. The molecule has 1 atom stereocenters. The van der Waals surface area contributed by atoms with E-state index in [0.717, 1.165) is 12.1 Å². The van der Waals surface area contributed by atoms with E-state index < -0.39 is 36.9 Å². The Labute approximate surface area is 182 Å². The van der Waals surface area contributed by atoms with Crippen molar-refractivity contribution in [1.82, 2.24) is 4.90 Å². The van der Waals surface area contributed by atoms with Gasteiger partial charge in [0, 0.05) is 17.4 Å². The van der Waals surface area contributed by atoms with Crippen LogP contribution in [0.2, 0.25) is 0 Å². The fourth-order valence-electron chi connectivity index (χ4n) is 3.49. The summed E-state index contributed by atoms with van der Waals surface area (Å²) in [6.45, 7) is 0.150. The van der Waals surface area contributed by atoms with Crippen LogP contribution in [0.1, 0.15) is 23.7 Å². The van der Waals surface area contributed by atoms with Crippen molar-refractivity contribution < 1.29 is 41.5 Å². The molecular formula is C21H19BF3NO6. The predicted octanol–water partition coefficient (Wildman–Crippen LogP) is 2.33. The molecule has 0 spiro atoms. The van der Waals surface area contributed by atoms with Crippen molar-refractivity contribution in [1.29, 1.82) is 0 Å². The summed E-state index contributed by atoms with van der Waals surface area (Å²) in [4.78, 5) is 25.3. The van der Waals surface area contributed by atoms with E-state index in [2.05, 4.69) is 0 Å². The van der Waals surface area contributed by atoms with Crippen LogP contribution in [0.5, 0.6) is 11.5 Å². The Bertz CT molecular complexity index is 994. The second-order valence-corrected chi connectivity index (χ2v) is 7.55. The van der Waals surface area contributed by atoms with Crippen LogP contribution in [0.4, 0.5) is 13.2 Å². The Morgan fingerprint density at radius 2 is 1.69 bits per heavy atom. The third kappa shape index (κ3) is 4.99. The van der Waals surface area contributed by atoms with Crippen molar-refractivity contribution in [2.75, 3.05) is 26.7 Å². The molecule has 2 aromatic rings. The molecule has 0 aliphatic carbocycles. The van der Waals surface area contributed by atoms with E-state index in [1.807, 2.05) is 0 Å². The van der Waals surface area contributed by atoms with Crippen LogP contribution < -0.4 is 14.9 Å². The molecule has 2 aromatic carbocycles. The lowest BCUT2D eigenvalue weighted by molar-refractivity contribution is -0.145. The lowest BCUT2D eigenvalue weighted by Crippen LogP contribution is -2.47. The van der Waals surface area contributed by atoms with Gasteiger partial charge in [-0.2, -0.15) is 13.2 Å². The SMILES string of the molecule is CN1CC(=O)OB(c2ccc(OC3CCOc4cc(C(F)(F)F)ccc43)cc2)OC(=O)C1. The molecule has 2 aliphatic heterocycles. The summed E-state index contributed by atoms with van der Waals surface area (Å²) in [6.07, 6.45) is -4.48. The monoisotopic (exact) mass is 449 g/mol. The van der Waals surface area contributed by atoms with Gasteiger partial charge < -0.3 is 18.8 Å². The Balaban J connectivity index is 1.48. The minimum atomic E-state index is -4.46. The Morgan fingerprint density at radius 1 is 1.03 bits per heavy atom. The van der Waals surface area contributed by atoms with Crippen LogP contribution in [0.3, 0.4) is 0 Å². The molecule has 7 nitrogen and oxygen atoms in total. The van der Waals surface area contributed by atoms with E-state index in [4.69, 9.17) is 18.8 Å². The van der Waals surface area contributed by atoms with Crippen LogP contribution in [-0.4, -0.2) is 50.7 Å². The van der Waals surface area contributed by atoms with Gasteiger partial charge in [0.15, 0.2) is 0 Å². The summed E-state index contributed by atoms with van der Waals surface area (Å²) >= 11 is 0. The minimum Gasteiger partial charge on any atom is -0.494 e. The Kier molecular flexibility index (Phi) is 6.01. The molecule has 1 unspecified atom stereocenters. The zero-order chi connectivity index (χ0) is 22.9. The molecule has 0 aromatic heterocycles. The summed E-state index contributed by atoms with van der Waals surface area (Å²) in [5.41, 5.74) is 0.196. The number of rotatable bonds is 3. The maximum absolute atomic E-state index is 13.0. The number of benzene rings is 2. The van der Waals surface area contributed by atoms with E-state index in [-0.39, 0.29) is 25.4 Å². The number of fused-ring (bicyclic) bond motifs is 1. The van der Waals surface area contributed by atoms with Crippen molar-refractivity contribution in [2.45, 2.75) is 18.7 Å². The lowest BCUT2D eigenvalue weighted by Gasteiger charge is -2.27. The molecule has 0 N–H and O–H groups in total. The zero-order valence-electron chi connectivity index (χ0n) is 17.1. The van der Waals surface area contributed by atoms with Crippen molar-refractivity contribution in [3.8, 4) is 11.5 Å². The first kappa shape index (κ1) is 22.0. The number of carbonyl (C=O) groups is 2. The van der Waals surface area contributed by atoms with Crippen LogP contribution in [-0.2, 0) is 25.1 Å². The number of alkyl halides is 3. The third-order valence-electron chi connectivity index (χ3n) is 5.03. The van der Waals surface area contributed by atoms with E-state index in [1.54, 1.807) is 31.3 Å². The number of hydrogen-bond donors (Lipinski definition) is 0. The number of halogens is 3. The molecule has 2 aliphatic rings. The summed E-state index contributed by atoms with van der Waals surface area (Å²) in [5, 5.41) is 0. The molecule has 1 saturated heterocycles. The van der Waals surface area contributed by atoms with Gasteiger partial charge in [-0.1, -0.05) is 18.2 Å². The van der Waals surface area contributed by atoms with Crippen LogP contribution >= 0.6 is 0 Å². The summed E-state index contributed by atoms with van der Waals surface area (Å²) in [5.74, 6) is -0.453. The molecule has 11 heteroatoms. The molecule has 168 valence electrons. The number of hydrogen-bond acceptors (Lipinski definition) is 7. The van der Waals surface area contributed by atoms with Crippen LogP contribution in [0.25, 0.3) is 0 Å². The fraction of sp³-hybridized carbons (Fsp3) is 0.333. The summed E-state index contributed by atoms with van der Waals surface area (Å²) < 4.78 is 60.7. The summed E-state index contributed by atoms with van der Waals surface area (Å²) in [7, 11) is 0.440. The van der Waals surface area contributed by atoms with E-state index in [0.29, 0.717) is 23.2 Å². The first-order chi connectivity index (χ1) is 15.2. The lowest BCUT2D eigenvalue weighted by atomic mass is 9.78. The highest BCUT2D eigenvalue weighted by Crippen LogP contribution is 2.39. The van der Waals surface area contributed by atoms with E-state index in [1.165, 1.54) is 11.0 Å². The average Bonchev–Trinajstić information content (AvgIpc) is 2.72. The van der Waals surface area contributed by atoms with E-state index in [9.17, 15) is 22.8 Å². The normalized spacial score (nSPS) is 19.8. The first-order valence-electron chi connectivity index (χ1n) is 9.87.